The first-order valence-electron chi connectivity index (χ1n) is 16.6. The van der Waals surface area contributed by atoms with E-state index in [1.54, 1.807) is 0 Å². The Bertz CT molecular complexity index is 1550. The Labute approximate surface area is 280 Å². The van der Waals surface area contributed by atoms with Gasteiger partial charge in [0.15, 0.2) is 6.29 Å². The van der Waals surface area contributed by atoms with Crippen LogP contribution in [-0.4, -0.2) is 75.8 Å². The van der Waals surface area contributed by atoms with Gasteiger partial charge in [0.2, 0.25) is 5.91 Å². The van der Waals surface area contributed by atoms with Crippen molar-refractivity contribution >= 4 is 17.9 Å². The Morgan fingerprint density at radius 1 is 0.917 bits per heavy atom. The molecule has 0 spiro atoms. The molecule has 3 aliphatic rings. The number of rotatable bonds is 11. The third-order valence-electron chi connectivity index (χ3n) is 9.59. The number of aliphatic hydroxyl groups excluding tert-OH is 2. The zero-order valence-corrected chi connectivity index (χ0v) is 27.1. The lowest BCUT2D eigenvalue weighted by atomic mass is 9.90. The minimum absolute atomic E-state index is 0.0183. The van der Waals surface area contributed by atoms with Crippen LogP contribution in [0.25, 0.3) is 0 Å². The molecule has 0 bridgehead atoms. The number of imide groups is 1. The van der Waals surface area contributed by atoms with Crippen molar-refractivity contribution in [3.05, 3.63) is 107 Å². The molecule has 6 rings (SSSR count). The van der Waals surface area contributed by atoms with E-state index in [9.17, 15) is 24.6 Å². The highest BCUT2D eigenvalue weighted by Gasteiger charge is 2.41. The summed E-state index contributed by atoms with van der Waals surface area (Å²) in [6, 6.07) is 23.6. The van der Waals surface area contributed by atoms with E-state index < -0.39 is 24.3 Å². The Morgan fingerprint density at radius 2 is 1.62 bits per heavy atom. The number of nitrogens with one attached hydrogen (secondary N) is 1. The van der Waals surface area contributed by atoms with Gasteiger partial charge >= 0.3 is 6.09 Å². The third-order valence-corrected chi connectivity index (χ3v) is 9.59. The molecule has 3 heterocycles. The summed E-state index contributed by atoms with van der Waals surface area (Å²) in [6.07, 6.45) is 0.0232. The highest BCUT2D eigenvalue weighted by molar-refractivity contribution is 6.06. The van der Waals surface area contributed by atoms with Crippen LogP contribution in [0.4, 0.5) is 4.79 Å². The molecule has 3 amide bonds. The zero-order valence-electron chi connectivity index (χ0n) is 27.1. The van der Waals surface area contributed by atoms with Crippen molar-refractivity contribution in [3.8, 4) is 0 Å². The Hall–Kier alpha value is -4.13. The molecule has 3 aliphatic heterocycles. The number of likely N-dealkylation sites (tertiary alicyclic amines) is 2. The Morgan fingerprint density at radius 3 is 2.33 bits per heavy atom. The van der Waals surface area contributed by atoms with Crippen LogP contribution in [0.3, 0.4) is 0 Å². The number of hydrogen-bond donors (Lipinski definition) is 3. The summed E-state index contributed by atoms with van der Waals surface area (Å²) in [4.78, 5) is 41.6. The van der Waals surface area contributed by atoms with Gasteiger partial charge in [0, 0.05) is 24.1 Å². The molecule has 254 valence electrons. The molecule has 0 aliphatic carbocycles. The van der Waals surface area contributed by atoms with Crippen LogP contribution in [0.2, 0.25) is 0 Å². The summed E-state index contributed by atoms with van der Waals surface area (Å²) in [6.45, 7) is 3.91. The first-order valence-corrected chi connectivity index (χ1v) is 16.6. The highest BCUT2D eigenvalue weighted by Crippen LogP contribution is 2.42. The number of ether oxygens (including phenoxy) is 3. The summed E-state index contributed by atoms with van der Waals surface area (Å²) in [5, 5.41) is 22.0. The van der Waals surface area contributed by atoms with Gasteiger partial charge in [0.1, 0.15) is 12.6 Å². The second-order valence-corrected chi connectivity index (χ2v) is 12.8. The number of benzene rings is 3. The van der Waals surface area contributed by atoms with E-state index in [4.69, 9.17) is 14.2 Å². The van der Waals surface area contributed by atoms with Gasteiger partial charge < -0.3 is 29.7 Å². The normalized spacial score (nSPS) is 26.2. The van der Waals surface area contributed by atoms with E-state index in [0.717, 1.165) is 52.1 Å². The number of carbonyl (C=O) groups is 3. The van der Waals surface area contributed by atoms with Crippen LogP contribution in [0.15, 0.2) is 78.9 Å². The van der Waals surface area contributed by atoms with E-state index in [1.807, 2.05) is 78.9 Å². The van der Waals surface area contributed by atoms with Crippen molar-refractivity contribution in [1.29, 1.82) is 0 Å². The number of aliphatic hydroxyl groups is 2. The van der Waals surface area contributed by atoms with Crippen molar-refractivity contribution in [3.63, 3.8) is 0 Å². The van der Waals surface area contributed by atoms with Crippen molar-refractivity contribution < 1.29 is 38.8 Å². The van der Waals surface area contributed by atoms with Gasteiger partial charge in [-0.3, -0.25) is 19.4 Å². The number of carbonyl (C=O) groups excluding carboxylic acids is 3. The van der Waals surface area contributed by atoms with Crippen molar-refractivity contribution in [2.24, 2.45) is 5.92 Å². The predicted molar refractivity (Wildman–Crippen MR) is 175 cm³/mol. The largest absolute Gasteiger partial charge is 0.445 e. The minimum Gasteiger partial charge on any atom is -0.445 e. The quantitative estimate of drug-likeness (QED) is 0.262. The number of alkyl carbamates (subject to hydrolysis) is 1. The van der Waals surface area contributed by atoms with Crippen LogP contribution in [0.5, 0.6) is 0 Å². The molecule has 11 heteroatoms. The number of amides is 3. The van der Waals surface area contributed by atoms with Gasteiger partial charge in [0.25, 0.3) is 5.91 Å². The minimum atomic E-state index is -0.979. The second-order valence-electron chi connectivity index (χ2n) is 12.8. The lowest BCUT2D eigenvalue weighted by Crippen LogP contribution is -2.46. The molecule has 11 nitrogen and oxygen atoms in total. The van der Waals surface area contributed by atoms with Crippen LogP contribution in [-0.2, 0) is 43.6 Å². The molecule has 48 heavy (non-hydrogen) atoms. The van der Waals surface area contributed by atoms with E-state index in [-0.39, 0.29) is 62.9 Å². The molecule has 3 fully saturated rings. The maximum Gasteiger partial charge on any atom is 0.408 e. The molecule has 3 aromatic rings. The summed E-state index contributed by atoms with van der Waals surface area (Å²) in [7, 11) is 0. The van der Waals surface area contributed by atoms with Crippen molar-refractivity contribution in [2.45, 2.75) is 76.5 Å². The molecular formula is C37H43N3O8. The van der Waals surface area contributed by atoms with Gasteiger partial charge in [-0.05, 0) is 41.6 Å². The van der Waals surface area contributed by atoms with Crippen molar-refractivity contribution in [1.82, 2.24) is 15.1 Å². The van der Waals surface area contributed by atoms with E-state index in [1.165, 1.54) is 0 Å². The molecule has 0 aromatic heterocycles. The van der Waals surface area contributed by atoms with Crippen LogP contribution >= 0.6 is 0 Å². The summed E-state index contributed by atoms with van der Waals surface area (Å²) in [5.74, 6) is -0.828. The molecular weight excluding hydrogens is 614 g/mol. The van der Waals surface area contributed by atoms with E-state index in [0.29, 0.717) is 6.54 Å². The van der Waals surface area contributed by atoms with Crippen LogP contribution in [0, 0.1) is 5.92 Å². The van der Waals surface area contributed by atoms with Gasteiger partial charge in [-0.2, -0.15) is 0 Å². The summed E-state index contributed by atoms with van der Waals surface area (Å²) < 4.78 is 18.4. The molecule has 0 saturated carbocycles. The fraction of sp³-hybridized carbons (Fsp3) is 0.432. The van der Waals surface area contributed by atoms with Gasteiger partial charge in [-0.15, -0.1) is 0 Å². The van der Waals surface area contributed by atoms with Gasteiger partial charge in [-0.25, -0.2) is 4.79 Å². The zero-order chi connectivity index (χ0) is 33.6. The maximum absolute atomic E-state index is 13.1. The number of nitrogens with zero attached hydrogens (tertiary/aromatic N) is 2. The lowest BCUT2D eigenvalue weighted by molar-refractivity contribution is -0.276. The van der Waals surface area contributed by atoms with Gasteiger partial charge in [0.05, 0.1) is 38.4 Å². The summed E-state index contributed by atoms with van der Waals surface area (Å²) >= 11 is 0. The smallest absolute Gasteiger partial charge is 0.408 e. The van der Waals surface area contributed by atoms with E-state index >= 15 is 0 Å². The SMILES string of the molecule is C[C@H]1[C@@H](CN2CCC[C@H]2CO)O[C@@H](c2ccc(CN3C(=O)CC(NC(=O)OCc4ccccc4)C3=O)cc2)O[C@H]1c1ccc(CO)cc1. The first kappa shape index (κ1) is 33.8. The standard InChI is InChI=1S/C37H43N3O8/c1-24-32(20-39-17-5-8-30(39)22-42)47-36(48-34(24)28-13-11-26(21-41)12-14-28)29-15-9-25(10-16-29)19-40-33(43)18-31(35(40)44)38-37(45)46-23-27-6-3-2-4-7-27/h2-4,6-7,9-16,24,30-32,34,36,41-42H,5,8,17-23H2,1H3,(H,38,45)/t24-,30-,31?,32+,34+,36+/m0/s1. The molecule has 3 N–H and O–H groups in total. The Balaban J connectivity index is 1.11. The average molecular weight is 658 g/mol. The first-order chi connectivity index (χ1) is 23.3. The topological polar surface area (TPSA) is 138 Å². The number of hydrogen-bond acceptors (Lipinski definition) is 9. The monoisotopic (exact) mass is 657 g/mol. The molecule has 1 unspecified atom stereocenters. The molecule has 3 saturated heterocycles. The summed E-state index contributed by atoms with van der Waals surface area (Å²) in [5.41, 5.74) is 4.17. The van der Waals surface area contributed by atoms with Gasteiger partial charge in [-0.1, -0.05) is 85.8 Å². The third kappa shape index (κ3) is 7.77. The second kappa shape index (κ2) is 15.4. The highest BCUT2D eigenvalue weighted by atomic mass is 16.7. The van der Waals surface area contributed by atoms with Crippen molar-refractivity contribution in [2.75, 3.05) is 19.7 Å². The average Bonchev–Trinajstić information content (AvgIpc) is 3.67. The van der Waals surface area contributed by atoms with E-state index in [2.05, 4.69) is 17.1 Å². The molecule has 6 atom stereocenters. The van der Waals surface area contributed by atoms with Crippen LogP contribution < -0.4 is 5.32 Å². The lowest BCUT2D eigenvalue weighted by Gasteiger charge is -2.43. The molecule has 0 radical (unpaired) electrons. The predicted octanol–water partition coefficient (Wildman–Crippen LogP) is 3.98. The fourth-order valence-corrected chi connectivity index (χ4v) is 6.73. The molecule has 3 aromatic carbocycles. The Kier molecular flexibility index (Phi) is 10.8. The fourth-order valence-electron chi connectivity index (χ4n) is 6.73. The van der Waals surface area contributed by atoms with Crippen LogP contribution in [0.1, 0.15) is 66.4 Å². The maximum atomic E-state index is 13.1.